The van der Waals surface area contributed by atoms with E-state index in [9.17, 15) is 22.8 Å². The van der Waals surface area contributed by atoms with Gasteiger partial charge >= 0.3 is 6.18 Å². The lowest BCUT2D eigenvalue weighted by molar-refractivity contribution is -0.137. The lowest BCUT2D eigenvalue weighted by Crippen LogP contribution is -2.49. The number of alkyl halides is 3. The zero-order chi connectivity index (χ0) is 24.7. The predicted octanol–water partition coefficient (Wildman–Crippen LogP) is 3.73. The topological polar surface area (TPSA) is 64.0 Å². The van der Waals surface area contributed by atoms with Crippen LogP contribution in [0.25, 0.3) is 10.9 Å². The molecule has 1 saturated heterocycles. The fraction of sp³-hybridized carbons (Fsp3) is 0.360. The van der Waals surface area contributed by atoms with Crippen LogP contribution in [0.1, 0.15) is 28.4 Å². The Labute approximate surface area is 199 Å². The number of hydrogen-bond donors (Lipinski definition) is 0. The van der Waals surface area contributed by atoms with Crippen LogP contribution >= 0.6 is 0 Å². The van der Waals surface area contributed by atoms with Crippen LogP contribution in [0.15, 0.2) is 47.4 Å². The van der Waals surface area contributed by atoms with Crippen LogP contribution in [0, 0.1) is 0 Å². The van der Waals surface area contributed by atoms with Crippen molar-refractivity contribution in [3.63, 3.8) is 0 Å². The molecule has 0 spiro atoms. The molecule has 1 amide bonds. The molecule has 0 unspecified atom stereocenters. The number of pyridine rings is 1. The van der Waals surface area contributed by atoms with E-state index in [1.165, 1.54) is 12.3 Å². The number of aromatic nitrogens is 1. The number of fused-ring (bicyclic) bond motifs is 2. The molecule has 1 aromatic heterocycles. The summed E-state index contributed by atoms with van der Waals surface area (Å²) in [6.07, 6.45) is -3.12. The first-order valence-corrected chi connectivity index (χ1v) is 11.4. The first-order valence-electron chi connectivity index (χ1n) is 11.4. The van der Waals surface area contributed by atoms with Crippen LogP contribution in [0.2, 0.25) is 0 Å². The Kier molecular flexibility index (Phi) is 5.92. The van der Waals surface area contributed by atoms with Crippen molar-refractivity contribution >= 4 is 16.8 Å². The van der Waals surface area contributed by atoms with Crippen LogP contribution in [-0.4, -0.2) is 53.2 Å². The summed E-state index contributed by atoms with van der Waals surface area (Å²) >= 11 is 0. The van der Waals surface area contributed by atoms with Gasteiger partial charge < -0.3 is 18.9 Å². The first-order chi connectivity index (χ1) is 16.7. The van der Waals surface area contributed by atoms with Crippen molar-refractivity contribution in [2.75, 3.05) is 33.0 Å². The maximum Gasteiger partial charge on any atom is 0.416 e. The maximum atomic E-state index is 13.2. The van der Waals surface area contributed by atoms with Gasteiger partial charge in [-0.15, -0.1) is 0 Å². The summed E-state index contributed by atoms with van der Waals surface area (Å²) in [4.78, 5) is 30.1. The summed E-state index contributed by atoms with van der Waals surface area (Å²) in [5.74, 6) is 0.979. The number of halogens is 3. The second-order valence-corrected chi connectivity index (χ2v) is 8.64. The molecule has 10 heteroatoms. The van der Waals surface area contributed by atoms with Gasteiger partial charge in [-0.05, 0) is 42.8 Å². The van der Waals surface area contributed by atoms with Crippen molar-refractivity contribution in [1.29, 1.82) is 0 Å². The average molecular weight is 487 g/mol. The van der Waals surface area contributed by atoms with E-state index in [1.807, 2.05) is 25.1 Å². The quantitative estimate of drug-likeness (QED) is 0.561. The van der Waals surface area contributed by atoms with E-state index in [4.69, 9.17) is 9.47 Å². The molecule has 5 rings (SSSR count). The minimum Gasteiger partial charge on any atom is -0.454 e. The average Bonchev–Trinajstić information content (AvgIpc) is 3.32. The number of amides is 1. The number of nitrogens with zero attached hydrogens (tertiary/aromatic N) is 3. The number of hydrogen-bond acceptors (Lipinski definition) is 5. The summed E-state index contributed by atoms with van der Waals surface area (Å²) in [6.45, 7) is 5.15. The lowest BCUT2D eigenvalue weighted by atomic mass is 10.1. The number of ether oxygens (including phenoxy) is 2. The second kappa shape index (κ2) is 8.92. The molecule has 7 nitrogen and oxygen atoms in total. The Morgan fingerprint density at radius 3 is 2.46 bits per heavy atom. The van der Waals surface area contributed by atoms with Gasteiger partial charge in [-0.25, -0.2) is 0 Å². The number of benzene rings is 2. The molecule has 2 aliphatic rings. The van der Waals surface area contributed by atoms with Gasteiger partial charge in [0.05, 0.1) is 11.1 Å². The van der Waals surface area contributed by atoms with Gasteiger partial charge in [0.2, 0.25) is 12.2 Å². The van der Waals surface area contributed by atoms with Crippen LogP contribution in [-0.2, 0) is 19.3 Å². The van der Waals surface area contributed by atoms with Crippen molar-refractivity contribution in [3.05, 3.63) is 69.5 Å². The maximum absolute atomic E-state index is 13.2. The molecule has 0 saturated carbocycles. The van der Waals surface area contributed by atoms with Gasteiger partial charge in [0.25, 0.3) is 5.91 Å². The summed E-state index contributed by atoms with van der Waals surface area (Å²) in [7, 11) is 0. The predicted molar refractivity (Wildman–Crippen MR) is 123 cm³/mol. The molecular formula is C25H24F3N3O4. The number of piperazine rings is 1. The smallest absolute Gasteiger partial charge is 0.416 e. The van der Waals surface area contributed by atoms with E-state index in [-0.39, 0.29) is 17.7 Å². The fourth-order valence-corrected chi connectivity index (χ4v) is 4.56. The third kappa shape index (κ3) is 4.45. The zero-order valence-corrected chi connectivity index (χ0v) is 19.1. The molecule has 0 atom stereocenters. The van der Waals surface area contributed by atoms with Crippen LogP contribution in [0.5, 0.6) is 11.5 Å². The highest BCUT2D eigenvalue weighted by atomic mass is 19.4. The van der Waals surface area contributed by atoms with Crippen molar-refractivity contribution in [1.82, 2.24) is 14.4 Å². The lowest BCUT2D eigenvalue weighted by Gasteiger charge is -2.34. The Morgan fingerprint density at radius 1 is 1.00 bits per heavy atom. The molecule has 184 valence electrons. The van der Waals surface area contributed by atoms with Gasteiger partial charge in [0, 0.05) is 50.9 Å². The van der Waals surface area contributed by atoms with Crippen molar-refractivity contribution in [3.8, 4) is 11.5 Å². The molecule has 2 aromatic carbocycles. The minimum absolute atomic E-state index is 0.103. The van der Waals surface area contributed by atoms with Gasteiger partial charge in [0.1, 0.15) is 5.56 Å². The van der Waals surface area contributed by atoms with Crippen LogP contribution < -0.4 is 14.9 Å². The molecule has 2 aliphatic heterocycles. The van der Waals surface area contributed by atoms with E-state index in [1.54, 1.807) is 9.47 Å². The van der Waals surface area contributed by atoms with Gasteiger partial charge in [0.15, 0.2) is 11.5 Å². The van der Waals surface area contributed by atoms with Gasteiger partial charge in [-0.1, -0.05) is 6.07 Å². The van der Waals surface area contributed by atoms with E-state index in [0.717, 1.165) is 23.4 Å². The molecule has 3 heterocycles. The number of rotatable bonds is 4. The Morgan fingerprint density at radius 2 is 1.74 bits per heavy atom. The SMILES string of the molecule is CCn1cc(C(=O)N2CCN(Cc3ccc4c(c3)OCO4)CC2)c(=O)c2cc(C(F)(F)F)ccc21. The standard InChI is InChI=1S/C25H24F3N3O4/c1-2-30-14-19(23(32)18-12-17(25(26,27)28)4-5-20(18)30)24(33)31-9-7-29(8-10-31)13-16-3-6-21-22(11-16)35-15-34-21/h3-6,11-12,14H,2,7-10,13,15H2,1H3. The highest BCUT2D eigenvalue weighted by molar-refractivity contribution is 5.97. The number of carbonyl (C=O) groups is 1. The van der Waals surface area contributed by atoms with Gasteiger partial charge in [-0.2, -0.15) is 13.2 Å². The fourth-order valence-electron chi connectivity index (χ4n) is 4.56. The summed E-state index contributed by atoms with van der Waals surface area (Å²) in [5.41, 5.74) is -0.261. The van der Waals surface area contributed by atoms with Gasteiger partial charge in [-0.3, -0.25) is 14.5 Å². The summed E-state index contributed by atoms with van der Waals surface area (Å²) in [6, 6.07) is 8.87. The van der Waals surface area contributed by atoms with Crippen molar-refractivity contribution < 1.29 is 27.4 Å². The molecule has 3 aromatic rings. The second-order valence-electron chi connectivity index (χ2n) is 8.64. The third-order valence-corrected chi connectivity index (χ3v) is 6.48. The Hall–Kier alpha value is -3.53. The van der Waals surface area contributed by atoms with Crippen molar-refractivity contribution in [2.45, 2.75) is 26.2 Å². The Balaban J connectivity index is 1.34. The molecular weight excluding hydrogens is 463 g/mol. The van der Waals surface area contributed by atoms with Crippen molar-refractivity contribution in [2.24, 2.45) is 0 Å². The highest BCUT2D eigenvalue weighted by Gasteiger charge is 2.32. The molecule has 0 radical (unpaired) electrons. The number of carbonyl (C=O) groups excluding carboxylic acids is 1. The molecule has 1 fully saturated rings. The van der Waals surface area contributed by atoms with E-state index in [2.05, 4.69) is 4.90 Å². The monoisotopic (exact) mass is 487 g/mol. The van der Waals surface area contributed by atoms with E-state index >= 15 is 0 Å². The molecule has 0 N–H and O–H groups in total. The number of aryl methyl sites for hydroxylation is 1. The molecule has 35 heavy (non-hydrogen) atoms. The summed E-state index contributed by atoms with van der Waals surface area (Å²) < 4.78 is 52.1. The Bertz CT molecular complexity index is 1340. The van der Waals surface area contributed by atoms with E-state index in [0.29, 0.717) is 50.5 Å². The molecule has 0 bridgehead atoms. The first kappa shape index (κ1) is 23.2. The zero-order valence-electron chi connectivity index (χ0n) is 19.1. The highest BCUT2D eigenvalue weighted by Crippen LogP contribution is 2.33. The molecule has 0 aliphatic carbocycles. The third-order valence-electron chi connectivity index (χ3n) is 6.48. The van der Waals surface area contributed by atoms with Crippen LogP contribution in [0.4, 0.5) is 13.2 Å². The largest absolute Gasteiger partial charge is 0.454 e. The van der Waals surface area contributed by atoms with E-state index < -0.39 is 23.1 Å². The normalized spacial score (nSPS) is 16.2. The summed E-state index contributed by atoms with van der Waals surface area (Å²) in [5, 5.41) is -0.103. The van der Waals surface area contributed by atoms with Crippen LogP contribution in [0.3, 0.4) is 0 Å². The minimum atomic E-state index is -4.58.